The van der Waals surface area contributed by atoms with E-state index in [1.165, 1.54) is 47.2 Å². The molecule has 0 saturated heterocycles. The largest absolute Gasteiger partial charge is 0.493 e. The molecule has 0 aliphatic carbocycles. The van der Waals surface area contributed by atoms with Crippen LogP contribution in [-0.4, -0.2) is 59.2 Å². The molecule has 12 heteroatoms. The number of esters is 2. The van der Waals surface area contributed by atoms with Crippen molar-refractivity contribution in [3.63, 3.8) is 0 Å². The quantitative estimate of drug-likeness (QED) is 0.144. The van der Waals surface area contributed by atoms with Crippen LogP contribution in [0.2, 0.25) is 0 Å². The van der Waals surface area contributed by atoms with Crippen LogP contribution in [-0.2, 0) is 16.1 Å². The first-order valence-corrected chi connectivity index (χ1v) is 14.5. The first-order chi connectivity index (χ1) is 23.2. The molecule has 0 fully saturated rings. The van der Waals surface area contributed by atoms with Gasteiger partial charge < -0.3 is 38.9 Å². The second-order valence-electron chi connectivity index (χ2n) is 10.4. The van der Waals surface area contributed by atoms with E-state index in [2.05, 4.69) is 0 Å². The van der Waals surface area contributed by atoms with Crippen molar-refractivity contribution < 1.29 is 42.7 Å². The van der Waals surface area contributed by atoms with Gasteiger partial charge in [0.15, 0.2) is 23.0 Å². The molecule has 0 spiro atoms. The lowest BCUT2D eigenvalue weighted by atomic mass is 9.95. The predicted molar refractivity (Wildman–Crippen MR) is 179 cm³/mol. The van der Waals surface area contributed by atoms with E-state index in [0.29, 0.717) is 56.4 Å². The molecule has 4 aromatic carbocycles. The maximum atomic E-state index is 14.5. The number of carbonyl (C=O) groups is 2. The molecule has 1 heterocycles. The van der Waals surface area contributed by atoms with Crippen molar-refractivity contribution >= 4 is 28.4 Å². The number of aromatic nitrogens is 1. The predicted octanol–water partition coefficient (Wildman–Crippen LogP) is 5.43. The van der Waals surface area contributed by atoms with Crippen molar-refractivity contribution in [2.75, 3.05) is 48.4 Å². The summed E-state index contributed by atoms with van der Waals surface area (Å²) in [5, 5.41) is 0.577. The first kappa shape index (κ1) is 33.2. The van der Waals surface area contributed by atoms with Gasteiger partial charge in [-0.3, -0.25) is 9.36 Å². The summed E-state index contributed by atoms with van der Waals surface area (Å²) >= 11 is 0. The lowest BCUT2D eigenvalue weighted by Gasteiger charge is -2.21. The molecule has 0 atom stereocenters. The number of methoxy groups -OCH3 is 6. The van der Waals surface area contributed by atoms with Crippen LogP contribution < -0.4 is 35.0 Å². The Bertz CT molecular complexity index is 2030. The average molecular weight is 655 g/mol. The number of hydrogen-bond donors (Lipinski definition) is 1. The number of carbonyl (C=O) groups excluding carboxylic acids is 2. The molecule has 0 amide bonds. The highest BCUT2D eigenvalue weighted by atomic mass is 16.5. The molecule has 5 aromatic rings. The zero-order valence-corrected chi connectivity index (χ0v) is 27.2. The van der Waals surface area contributed by atoms with Crippen LogP contribution in [0.3, 0.4) is 0 Å². The Morgan fingerprint density at radius 2 is 1.25 bits per heavy atom. The van der Waals surface area contributed by atoms with Crippen LogP contribution in [0, 0.1) is 0 Å². The molecule has 48 heavy (non-hydrogen) atoms. The molecule has 12 nitrogen and oxygen atoms in total. The topological polar surface area (TPSA) is 147 Å². The number of rotatable bonds is 11. The van der Waals surface area contributed by atoms with E-state index in [9.17, 15) is 14.4 Å². The monoisotopic (exact) mass is 654 g/mol. The minimum Gasteiger partial charge on any atom is -0.493 e. The summed E-state index contributed by atoms with van der Waals surface area (Å²) in [6.45, 7) is 0.0927. The van der Waals surface area contributed by atoms with Crippen molar-refractivity contribution in [1.82, 2.24) is 4.57 Å². The van der Waals surface area contributed by atoms with Crippen molar-refractivity contribution in [2.45, 2.75) is 6.61 Å². The minimum atomic E-state index is -0.774. The molecule has 0 bridgehead atoms. The van der Waals surface area contributed by atoms with E-state index in [1.54, 1.807) is 72.8 Å². The maximum absolute atomic E-state index is 14.5. The number of ether oxygens (including phenoxy) is 7. The summed E-state index contributed by atoms with van der Waals surface area (Å²) in [4.78, 5) is 40.0. The number of hydrogen-bond acceptors (Lipinski definition) is 11. The number of fused-ring (bicyclic) bond motifs is 1. The molecule has 2 N–H and O–H groups in total. The summed E-state index contributed by atoms with van der Waals surface area (Å²) in [5.74, 6) is 0.326. The van der Waals surface area contributed by atoms with Gasteiger partial charge >= 0.3 is 11.9 Å². The average Bonchev–Trinajstić information content (AvgIpc) is 3.12. The Morgan fingerprint density at radius 3 is 1.79 bits per heavy atom. The highest BCUT2D eigenvalue weighted by Gasteiger charge is 2.28. The van der Waals surface area contributed by atoms with Gasteiger partial charge in [-0.15, -0.1) is 0 Å². The van der Waals surface area contributed by atoms with Gasteiger partial charge in [-0.05, 0) is 71.8 Å². The second kappa shape index (κ2) is 14.1. The van der Waals surface area contributed by atoms with E-state index in [4.69, 9.17) is 38.9 Å². The number of nitrogen functional groups attached to an aromatic ring is 1. The van der Waals surface area contributed by atoms with Gasteiger partial charge in [-0.1, -0.05) is 12.1 Å². The van der Waals surface area contributed by atoms with Gasteiger partial charge in [0.1, 0.15) is 12.3 Å². The third-order valence-electron chi connectivity index (χ3n) is 7.72. The van der Waals surface area contributed by atoms with Gasteiger partial charge in [0.25, 0.3) is 5.56 Å². The molecule has 0 aliphatic heterocycles. The summed E-state index contributed by atoms with van der Waals surface area (Å²) in [6.07, 6.45) is 0. The van der Waals surface area contributed by atoms with E-state index in [1.807, 2.05) is 0 Å². The first-order valence-electron chi connectivity index (χ1n) is 14.5. The zero-order valence-electron chi connectivity index (χ0n) is 27.2. The number of benzene rings is 4. The Balaban J connectivity index is 1.82. The maximum Gasteiger partial charge on any atom is 0.355 e. The van der Waals surface area contributed by atoms with Gasteiger partial charge in [0, 0.05) is 22.3 Å². The van der Waals surface area contributed by atoms with Crippen LogP contribution in [0.25, 0.3) is 27.6 Å². The minimum absolute atomic E-state index is 0.0598. The molecule has 0 unspecified atom stereocenters. The van der Waals surface area contributed by atoms with Crippen molar-refractivity contribution in [1.29, 1.82) is 0 Å². The number of nitrogens with two attached hydrogens (primary N) is 1. The van der Waals surface area contributed by atoms with Crippen molar-refractivity contribution in [3.8, 4) is 45.6 Å². The highest BCUT2D eigenvalue weighted by molar-refractivity contribution is 6.08. The molecule has 248 valence electrons. The smallest absolute Gasteiger partial charge is 0.355 e. The Labute approximate surface area is 276 Å². The van der Waals surface area contributed by atoms with E-state index in [-0.39, 0.29) is 23.4 Å². The van der Waals surface area contributed by atoms with Crippen LogP contribution in [0.15, 0.2) is 77.6 Å². The number of anilines is 1. The highest BCUT2D eigenvalue weighted by Crippen LogP contribution is 2.45. The van der Waals surface area contributed by atoms with E-state index in [0.717, 1.165) is 5.56 Å². The summed E-state index contributed by atoms with van der Waals surface area (Å²) in [7, 11) is 8.45. The third kappa shape index (κ3) is 6.15. The molecule has 1 aromatic heterocycles. The van der Waals surface area contributed by atoms with Crippen LogP contribution in [0.5, 0.6) is 28.7 Å². The fourth-order valence-electron chi connectivity index (χ4n) is 5.37. The van der Waals surface area contributed by atoms with Gasteiger partial charge in [0.2, 0.25) is 5.75 Å². The van der Waals surface area contributed by atoms with Crippen molar-refractivity contribution in [2.24, 2.45) is 0 Å². The normalized spacial score (nSPS) is 10.7. The summed E-state index contributed by atoms with van der Waals surface area (Å²) < 4.78 is 39.9. The van der Waals surface area contributed by atoms with Gasteiger partial charge in [-0.2, -0.15) is 0 Å². The summed E-state index contributed by atoms with van der Waals surface area (Å²) in [5.41, 5.74) is 8.15. The fourth-order valence-corrected chi connectivity index (χ4v) is 5.37. The lowest BCUT2D eigenvalue weighted by Crippen LogP contribution is -2.27. The SMILES string of the molecule is COC(=O)c1ccc(COc2cc3c(=O)n(-c4ccc(N)cc4)c(C(=O)OC)c(-c4cc(OC)c(OC)c(OC)c4)c3cc2OC)cc1. The van der Waals surface area contributed by atoms with E-state index < -0.39 is 17.5 Å². The van der Waals surface area contributed by atoms with Crippen molar-refractivity contribution in [3.05, 3.63) is 100.0 Å². The molecule has 0 radical (unpaired) electrons. The van der Waals surface area contributed by atoms with Crippen LogP contribution in [0.4, 0.5) is 5.69 Å². The molecular weight excluding hydrogens is 620 g/mol. The van der Waals surface area contributed by atoms with Crippen LogP contribution in [0.1, 0.15) is 26.4 Å². The molecule has 0 saturated carbocycles. The third-order valence-corrected chi connectivity index (χ3v) is 7.72. The molecular formula is C36H34N2O10. The second-order valence-corrected chi connectivity index (χ2v) is 10.4. The zero-order chi connectivity index (χ0) is 34.5. The van der Waals surface area contributed by atoms with Crippen LogP contribution >= 0.6 is 0 Å². The molecule has 0 aliphatic rings. The number of pyridine rings is 1. The summed E-state index contributed by atoms with van der Waals surface area (Å²) in [6, 6.07) is 19.8. The Morgan fingerprint density at radius 1 is 0.667 bits per heavy atom. The standard InChI is InChI=1S/C36H34N2O10/c1-42-27-17-25-26(18-28(27)48-19-20-7-9-21(10-8-20)35(40)46-5)34(39)38(24-13-11-23(37)12-14-24)32(36(41)47-6)31(25)22-15-29(43-2)33(45-4)30(16-22)44-3/h7-18H,19,37H2,1-6H3. The van der Waals surface area contributed by atoms with E-state index >= 15 is 0 Å². The lowest BCUT2D eigenvalue weighted by molar-refractivity contribution is 0.0586. The number of nitrogens with zero attached hydrogens (tertiary/aromatic N) is 1. The fraction of sp³-hybridized carbons (Fsp3) is 0.194. The van der Waals surface area contributed by atoms with Gasteiger partial charge in [0.05, 0.1) is 53.6 Å². The van der Waals surface area contributed by atoms with Gasteiger partial charge in [-0.25, -0.2) is 9.59 Å². The Kier molecular flexibility index (Phi) is 9.74. The molecule has 5 rings (SSSR count). The Hall–Kier alpha value is -6.17.